The Morgan fingerprint density at radius 1 is 1.53 bits per heavy atom. The lowest BCUT2D eigenvalue weighted by Gasteiger charge is -2.03. The highest BCUT2D eigenvalue weighted by atomic mass is 16.4. The molecule has 0 radical (unpaired) electrons. The Morgan fingerprint density at radius 2 is 2.27 bits per heavy atom. The van der Waals surface area contributed by atoms with Crippen LogP contribution in [0.25, 0.3) is 11.1 Å². The van der Waals surface area contributed by atoms with Crippen molar-refractivity contribution in [3.05, 3.63) is 23.6 Å². The van der Waals surface area contributed by atoms with Gasteiger partial charge in [0.1, 0.15) is 11.5 Å². The van der Waals surface area contributed by atoms with Crippen molar-refractivity contribution in [3.63, 3.8) is 0 Å². The summed E-state index contributed by atoms with van der Waals surface area (Å²) in [6.07, 6.45) is 0.897. The van der Waals surface area contributed by atoms with E-state index in [1.807, 2.05) is 19.9 Å². The first kappa shape index (κ1) is 9.83. The molecular formula is C11H13NO3. The van der Waals surface area contributed by atoms with Gasteiger partial charge in [0.05, 0.1) is 5.52 Å². The number of hydrogen-bond donors (Lipinski definition) is 1. The van der Waals surface area contributed by atoms with Crippen molar-refractivity contribution in [2.45, 2.75) is 26.8 Å². The standard InChI is InChI=1S/C11H13NO3/c1-3-4-12-8-5-7(2)15-10(8)6-9(12)11(13)14/h5-6H,3-4H2,1-2H3,(H,13,14). The Labute approximate surface area is 87.1 Å². The van der Waals surface area contributed by atoms with E-state index in [-0.39, 0.29) is 0 Å². The maximum absolute atomic E-state index is 11.0. The minimum Gasteiger partial charge on any atom is -0.477 e. The molecule has 2 heterocycles. The predicted octanol–water partition coefficient (Wildman–Crippen LogP) is 2.65. The zero-order valence-electron chi connectivity index (χ0n) is 8.78. The number of aryl methyl sites for hydroxylation is 2. The van der Waals surface area contributed by atoms with Crippen LogP contribution in [0.4, 0.5) is 0 Å². The second-order valence-electron chi connectivity index (χ2n) is 3.59. The summed E-state index contributed by atoms with van der Waals surface area (Å²) >= 11 is 0. The number of carbonyl (C=O) groups is 1. The first-order valence-corrected chi connectivity index (χ1v) is 4.96. The van der Waals surface area contributed by atoms with Crippen LogP contribution in [-0.2, 0) is 6.54 Å². The Kier molecular flexibility index (Phi) is 2.26. The second kappa shape index (κ2) is 3.46. The van der Waals surface area contributed by atoms with Gasteiger partial charge in [-0.1, -0.05) is 6.92 Å². The van der Waals surface area contributed by atoms with E-state index in [4.69, 9.17) is 9.52 Å². The third-order valence-electron chi connectivity index (χ3n) is 2.38. The summed E-state index contributed by atoms with van der Waals surface area (Å²) in [6, 6.07) is 3.46. The summed E-state index contributed by atoms with van der Waals surface area (Å²) in [5, 5.41) is 9.02. The van der Waals surface area contributed by atoms with Crippen molar-refractivity contribution in [1.82, 2.24) is 4.57 Å². The molecule has 15 heavy (non-hydrogen) atoms. The Hall–Kier alpha value is -1.71. The van der Waals surface area contributed by atoms with E-state index in [2.05, 4.69) is 0 Å². The highest BCUT2D eigenvalue weighted by Gasteiger charge is 2.16. The third kappa shape index (κ3) is 1.52. The highest BCUT2D eigenvalue weighted by molar-refractivity contribution is 5.92. The molecule has 0 unspecified atom stereocenters. The van der Waals surface area contributed by atoms with Gasteiger partial charge in [-0.15, -0.1) is 0 Å². The first-order chi connectivity index (χ1) is 7.13. The van der Waals surface area contributed by atoms with E-state index in [0.717, 1.165) is 17.7 Å². The molecule has 80 valence electrons. The van der Waals surface area contributed by atoms with Crippen molar-refractivity contribution in [1.29, 1.82) is 0 Å². The number of rotatable bonds is 3. The molecule has 0 spiro atoms. The monoisotopic (exact) mass is 207 g/mol. The molecular weight excluding hydrogens is 194 g/mol. The molecule has 0 saturated carbocycles. The van der Waals surface area contributed by atoms with E-state index in [1.165, 1.54) is 0 Å². The normalized spacial score (nSPS) is 11.1. The van der Waals surface area contributed by atoms with E-state index in [1.54, 1.807) is 10.6 Å². The number of aromatic nitrogens is 1. The van der Waals surface area contributed by atoms with Gasteiger partial charge in [0.25, 0.3) is 0 Å². The predicted molar refractivity (Wildman–Crippen MR) is 56.2 cm³/mol. The molecule has 0 aliphatic heterocycles. The second-order valence-corrected chi connectivity index (χ2v) is 3.59. The zero-order valence-corrected chi connectivity index (χ0v) is 8.78. The average Bonchev–Trinajstić information content (AvgIpc) is 2.64. The lowest BCUT2D eigenvalue weighted by atomic mass is 10.4. The number of furan rings is 1. The number of nitrogens with zero attached hydrogens (tertiary/aromatic N) is 1. The minimum atomic E-state index is -0.910. The fraction of sp³-hybridized carbons (Fsp3) is 0.364. The topological polar surface area (TPSA) is 55.4 Å². The smallest absolute Gasteiger partial charge is 0.352 e. The van der Waals surface area contributed by atoms with Crippen molar-refractivity contribution >= 4 is 17.1 Å². The summed E-state index contributed by atoms with van der Waals surface area (Å²) in [5.74, 6) is -0.103. The summed E-state index contributed by atoms with van der Waals surface area (Å²) < 4.78 is 7.19. The number of carboxylic acids is 1. The summed E-state index contributed by atoms with van der Waals surface area (Å²) in [4.78, 5) is 11.0. The molecule has 1 N–H and O–H groups in total. The molecule has 4 heteroatoms. The fourth-order valence-corrected chi connectivity index (χ4v) is 1.81. The van der Waals surface area contributed by atoms with E-state index in [0.29, 0.717) is 17.8 Å². The fourth-order valence-electron chi connectivity index (χ4n) is 1.81. The number of aromatic carboxylic acids is 1. The number of carboxylic acid groups (broad SMARTS) is 1. The Morgan fingerprint density at radius 3 is 2.87 bits per heavy atom. The number of fused-ring (bicyclic) bond motifs is 1. The van der Waals surface area contributed by atoms with E-state index in [9.17, 15) is 4.79 Å². The Balaban J connectivity index is 2.65. The SMILES string of the molecule is CCCn1c(C(=O)O)cc2oc(C)cc21. The molecule has 2 rings (SSSR count). The molecule has 0 aliphatic rings. The molecule has 0 aliphatic carbocycles. The molecule has 0 bridgehead atoms. The molecule has 0 saturated heterocycles. The molecule has 2 aromatic rings. The molecule has 0 atom stereocenters. The van der Waals surface area contributed by atoms with E-state index < -0.39 is 5.97 Å². The molecule has 0 amide bonds. The average molecular weight is 207 g/mol. The van der Waals surface area contributed by atoms with Gasteiger partial charge in [-0.2, -0.15) is 0 Å². The Bertz CT molecular complexity index is 507. The van der Waals surface area contributed by atoms with Crippen LogP contribution in [0, 0.1) is 6.92 Å². The van der Waals surface area contributed by atoms with Crippen molar-refractivity contribution in [2.24, 2.45) is 0 Å². The quantitative estimate of drug-likeness (QED) is 0.841. The van der Waals surface area contributed by atoms with Crippen LogP contribution in [0.3, 0.4) is 0 Å². The van der Waals surface area contributed by atoms with Crippen LogP contribution in [0.1, 0.15) is 29.6 Å². The summed E-state index contributed by atoms with van der Waals surface area (Å²) in [5.41, 5.74) is 1.82. The first-order valence-electron chi connectivity index (χ1n) is 4.96. The van der Waals surface area contributed by atoms with Crippen LogP contribution in [0.15, 0.2) is 16.5 Å². The van der Waals surface area contributed by atoms with Crippen LogP contribution in [-0.4, -0.2) is 15.6 Å². The zero-order chi connectivity index (χ0) is 11.0. The summed E-state index contributed by atoms with van der Waals surface area (Å²) in [6.45, 7) is 4.57. The van der Waals surface area contributed by atoms with Gasteiger partial charge in [0, 0.05) is 18.7 Å². The third-order valence-corrected chi connectivity index (χ3v) is 2.38. The van der Waals surface area contributed by atoms with Gasteiger partial charge in [0.15, 0.2) is 5.58 Å². The van der Waals surface area contributed by atoms with Crippen LogP contribution >= 0.6 is 0 Å². The highest BCUT2D eigenvalue weighted by Crippen LogP contribution is 2.23. The lowest BCUT2D eigenvalue weighted by molar-refractivity contribution is 0.0685. The van der Waals surface area contributed by atoms with Crippen molar-refractivity contribution < 1.29 is 14.3 Å². The largest absolute Gasteiger partial charge is 0.477 e. The molecule has 2 aromatic heterocycles. The van der Waals surface area contributed by atoms with Gasteiger partial charge >= 0.3 is 5.97 Å². The lowest BCUT2D eigenvalue weighted by Crippen LogP contribution is -2.07. The van der Waals surface area contributed by atoms with Gasteiger partial charge < -0.3 is 14.1 Å². The maximum Gasteiger partial charge on any atom is 0.352 e. The molecule has 4 nitrogen and oxygen atoms in total. The van der Waals surface area contributed by atoms with Crippen molar-refractivity contribution in [3.8, 4) is 0 Å². The molecule has 0 aromatic carbocycles. The van der Waals surface area contributed by atoms with Crippen LogP contribution in [0.5, 0.6) is 0 Å². The van der Waals surface area contributed by atoms with Crippen molar-refractivity contribution in [2.75, 3.05) is 0 Å². The van der Waals surface area contributed by atoms with E-state index >= 15 is 0 Å². The van der Waals surface area contributed by atoms with Gasteiger partial charge in [-0.05, 0) is 13.3 Å². The van der Waals surface area contributed by atoms with Gasteiger partial charge in [-0.25, -0.2) is 4.79 Å². The minimum absolute atomic E-state index is 0.297. The number of hydrogen-bond acceptors (Lipinski definition) is 2. The summed E-state index contributed by atoms with van der Waals surface area (Å²) in [7, 11) is 0. The van der Waals surface area contributed by atoms with Crippen LogP contribution in [0.2, 0.25) is 0 Å². The van der Waals surface area contributed by atoms with Gasteiger partial charge in [0.2, 0.25) is 0 Å². The van der Waals surface area contributed by atoms with Gasteiger partial charge in [-0.3, -0.25) is 0 Å². The van der Waals surface area contributed by atoms with Crippen LogP contribution < -0.4 is 0 Å². The molecule has 0 fully saturated rings. The maximum atomic E-state index is 11.0.